The SMILES string of the molecule is O=c1[nH]nc(CCc2c[nH]c3ccccc23)o1. The molecule has 2 N–H and O–H groups in total. The zero-order valence-electron chi connectivity index (χ0n) is 9.06. The fourth-order valence-corrected chi connectivity index (χ4v) is 1.95. The van der Waals surface area contributed by atoms with Crippen LogP contribution in [0.5, 0.6) is 0 Å². The van der Waals surface area contributed by atoms with Gasteiger partial charge in [0.25, 0.3) is 0 Å². The number of rotatable bonds is 3. The number of para-hydroxylation sites is 1. The first-order valence-electron chi connectivity index (χ1n) is 5.42. The van der Waals surface area contributed by atoms with Crippen molar-refractivity contribution >= 4 is 10.9 Å². The van der Waals surface area contributed by atoms with Crippen LogP contribution < -0.4 is 5.76 Å². The van der Waals surface area contributed by atoms with Crippen molar-refractivity contribution in [1.82, 2.24) is 15.2 Å². The van der Waals surface area contributed by atoms with E-state index in [0.717, 1.165) is 11.9 Å². The number of nitrogens with one attached hydrogen (secondary N) is 2. The Morgan fingerprint density at radius 3 is 2.94 bits per heavy atom. The Morgan fingerprint density at radius 2 is 2.12 bits per heavy atom. The summed E-state index contributed by atoms with van der Waals surface area (Å²) < 4.78 is 4.86. The van der Waals surface area contributed by atoms with Crippen LogP contribution in [0.4, 0.5) is 0 Å². The summed E-state index contributed by atoms with van der Waals surface area (Å²) in [4.78, 5) is 14.0. The molecule has 17 heavy (non-hydrogen) atoms. The molecule has 2 heterocycles. The molecule has 0 aliphatic heterocycles. The standard InChI is InChI=1S/C12H11N3O2/c16-12-15-14-11(17-12)6-5-8-7-13-10-4-2-1-3-9(8)10/h1-4,7,13H,5-6H2,(H,15,16). The van der Waals surface area contributed by atoms with Gasteiger partial charge in [-0.05, 0) is 18.1 Å². The molecule has 0 radical (unpaired) electrons. The average Bonchev–Trinajstić information content (AvgIpc) is 2.93. The number of H-pyrrole nitrogens is 2. The Morgan fingerprint density at radius 1 is 1.24 bits per heavy atom. The van der Waals surface area contributed by atoms with Crippen molar-refractivity contribution in [1.29, 1.82) is 0 Å². The molecule has 86 valence electrons. The summed E-state index contributed by atoms with van der Waals surface area (Å²) in [6.45, 7) is 0. The Hall–Kier alpha value is -2.30. The van der Waals surface area contributed by atoms with Gasteiger partial charge < -0.3 is 9.40 Å². The van der Waals surface area contributed by atoms with Crippen LogP contribution in [0.2, 0.25) is 0 Å². The van der Waals surface area contributed by atoms with Crippen LogP contribution in [0, 0.1) is 0 Å². The Balaban J connectivity index is 1.83. The number of benzene rings is 1. The third-order valence-corrected chi connectivity index (χ3v) is 2.77. The molecule has 1 aromatic carbocycles. The molecule has 0 aliphatic carbocycles. The van der Waals surface area contributed by atoms with E-state index in [0.29, 0.717) is 12.3 Å². The zero-order valence-corrected chi connectivity index (χ0v) is 9.06. The zero-order chi connectivity index (χ0) is 11.7. The number of fused-ring (bicyclic) bond motifs is 1. The molecule has 0 aliphatic rings. The number of nitrogens with zero attached hydrogens (tertiary/aromatic N) is 1. The smallest absolute Gasteiger partial charge is 0.392 e. The summed E-state index contributed by atoms with van der Waals surface area (Å²) in [5.41, 5.74) is 2.32. The van der Waals surface area contributed by atoms with Gasteiger partial charge in [-0.25, -0.2) is 9.89 Å². The van der Waals surface area contributed by atoms with Crippen LogP contribution >= 0.6 is 0 Å². The van der Waals surface area contributed by atoms with Gasteiger partial charge in [0, 0.05) is 23.5 Å². The van der Waals surface area contributed by atoms with Crippen molar-refractivity contribution in [2.75, 3.05) is 0 Å². The monoisotopic (exact) mass is 229 g/mol. The lowest BCUT2D eigenvalue weighted by Gasteiger charge is -1.95. The van der Waals surface area contributed by atoms with Gasteiger partial charge in [0.2, 0.25) is 5.89 Å². The number of hydrogen-bond donors (Lipinski definition) is 2. The van der Waals surface area contributed by atoms with Gasteiger partial charge in [-0.1, -0.05) is 18.2 Å². The van der Waals surface area contributed by atoms with Crippen molar-refractivity contribution in [2.45, 2.75) is 12.8 Å². The highest BCUT2D eigenvalue weighted by molar-refractivity contribution is 5.83. The molecule has 0 bridgehead atoms. The molecule has 5 heteroatoms. The third kappa shape index (κ3) is 1.87. The third-order valence-electron chi connectivity index (χ3n) is 2.77. The maximum atomic E-state index is 10.8. The molecule has 0 spiro atoms. The maximum absolute atomic E-state index is 10.8. The fourth-order valence-electron chi connectivity index (χ4n) is 1.95. The Kier molecular flexibility index (Phi) is 2.29. The Bertz CT molecular complexity index is 693. The minimum Gasteiger partial charge on any atom is -0.392 e. The molecular formula is C12H11N3O2. The van der Waals surface area contributed by atoms with Crippen LogP contribution in [0.3, 0.4) is 0 Å². The second kappa shape index (κ2) is 3.93. The average molecular weight is 229 g/mol. The lowest BCUT2D eigenvalue weighted by atomic mass is 10.1. The van der Waals surface area contributed by atoms with E-state index in [-0.39, 0.29) is 0 Å². The number of aromatic amines is 2. The molecule has 0 atom stereocenters. The predicted molar refractivity (Wildman–Crippen MR) is 62.8 cm³/mol. The molecule has 3 aromatic rings. The summed E-state index contributed by atoms with van der Waals surface area (Å²) in [5.74, 6) is -0.0563. The molecule has 3 rings (SSSR count). The lowest BCUT2D eigenvalue weighted by Crippen LogP contribution is -1.94. The van der Waals surface area contributed by atoms with Crippen LogP contribution in [0.1, 0.15) is 11.5 Å². The highest BCUT2D eigenvalue weighted by Gasteiger charge is 2.06. The van der Waals surface area contributed by atoms with E-state index < -0.39 is 5.76 Å². The minimum atomic E-state index is -0.501. The minimum absolute atomic E-state index is 0.445. The van der Waals surface area contributed by atoms with E-state index in [1.165, 1.54) is 10.9 Å². The van der Waals surface area contributed by atoms with E-state index in [2.05, 4.69) is 21.2 Å². The Labute approximate surface area is 96.5 Å². The molecule has 0 amide bonds. The van der Waals surface area contributed by atoms with E-state index in [1.807, 2.05) is 24.4 Å². The second-order valence-corrected chi connectivity index (χ2v) is 3.87. The largest absolute Gasteiger partial charge is 0.434 e. The van der Waals surface area contributed by atoms with Crippen molar-refractivity contribution in [3.63, 3.8) is 0 Å². The quantitative estimate of drug-likeness (QED) is 0.716. The van der Waals surface area contributed by atoms with E-state index in [9.17, 15) is 4.79 Å². The summed E-state index contributed by atoms with van der Waals surface area (Å²) >= 11 is 0. The molecule has 0 unspecified atom stereocenters. The second-order valence-electron chi connectivity index (χ2n) is 3.87. The molecule has 0 fully saturated rings. The van der Waals surface area contributed by atoms with E-state index in [1.54, 1.807) is 0 Å². The topological polar surface area (TPSA) is 74.7 Å². The van der Waals surface area contributed by atoms with Crippen molar-refractivity contribution in [3.05, 3.63) is 52.5 Å². The van der Waals surface area contributed by atoms with Crippen LogP contribution in [0.15, 0.2) is 39.7 Å². The normalized spacial score (nSPS) is 11.1. The first-order chi connectivity index (χ1) is 8.33. The van der Waals surface area contributed by atoms with Gasteiger partial charge >= 0.3 is 5.76 Å². The highest BCUT2D eigenvalue weighted by atomic mass is 16.4. The van der Waals surface area contributed by atoms with Crippen LogP contribution in [-0.2, 0) is 12.8 Å². The van der Waals surface area contributed by atoms with Crippen molar-refractivity contribution in [2.24, 2.45) is 0 Å². The number of aromatic nitrogens is 3. The summed E-state index contributed by atoms with van der Waals surface area (Å²) in [6.07, 6.45) is 3.38. The van der Waals surface area contributed by atoms with Gasteiger partial charge in [0.1, 0.15) is 0 Å². The number of hydrogen-bond acceptors (Lipinski definition) is 3. The predicted octanol–water partition coefficient (Wildman–Crippen LogP) is 1.63. The van der Waals surface area contributed by atoms with Gasteiger partial charge in [-0.3, -0.25) is 0 Å². The van der Waals surface area contributed by atoms with Crippen LogP contribution in [0.25, 0.3) is 10.9 Å². The number of aryl methyl sites for hydroxylation is 2. The molecule has 0 saturated carbocycles. The summed E-state index contributed by atoms with van der Waals surface area (Å²) in [7, 11) is 0. The van der Waals surface area contributed by atoms with Gasteiger partial charge in [-0.15, -0.1) is 5.10 Å². The van der Waals surface area contributed by atoms with Gasteiger partial charge in [0.05, 0.1) is 0 Å². The maximum Gasteiger partial charge on any atom is 0.434 e. The lowest BCUT2D eigenvalue weighted by molar-refractivity contribution is 0.461. The molecule has 5 nitrogen and oxygen atoms in total. The first-order valence-corrected chi connectivity index (χ1v) is 5.42. The summed E-state index contributed by atoms with van der Waals surface area (Å²) in [5, 5.41) is 7.24. The van der Waals surface area contributed by atoms with Crippen LogP contribution in [-0.4, -0.2) is 15.2 Å². The van der Waals surface area contributed by atoms with E-state index in [4.69, 9.17) is 4.42 Å². The molecular weight excluding hydrogens is 218 g/mol. The summed E-state index contributed by atoms with van der Waals surface area (Å²) in [6, 6.07) is 8.11. The van der Waals surface area contributed by atoms with Crippen molar-refractivity contribution < 1.29 is 4.42 Å². The van der Waals surface area contributed by atoms with Gasteiger partial charge in [-0.2, -0.15) is 0 Å². The van der Waals surface area contributed by atoms with Crippen molar-refractivity contribution in [3.8, 4) is 0 Å². The van der Waals surface area contributed by atoms with E-state index >= 15 is 0 Å². The highest BCUT2D eigenvalue weighted by Crippen LogP contribution is 2.18. The van der Waals surface area contributed by atoms with Gasteiger partial charge in [0.15, 0.2) is 0 Å². The molecule has 2 aromatic heterocycles. The fraction of sp³-hybridized carbons (Fsp3) is 0.167. The molecule has 0 saturated heterocycles. The first kappa shape index (κ1) is 9.89.